The van der Waals surface area contributed by atoms with Crippen LogP contribution < -0.4 is 5.56 Å². The number of H-pyrrole nitrogens is 1. The molecule has 5 nitrogen and oxygen atoms in total. The Balaban J connectivity index is 2.19. The van der Waals surface area contributed by atoms with Gasteiger partial charge in [-0.1, -0.05) is 17.7 Å². The highest BCUT2D eigenvalue weighted by molar-refractivity contribution is 7.90. The van der Waals surface area contributed by atoms with E-state index in [9.17, 15) is 13.2 Å². The van der Waals surface area contributed by atoms with E-state index >= 15 is 0 Å². The van der Waals surface area contributed by atoms with Crippen LogP contribution in [0.2, 0.25) is 0 Å². The highest BCUT2D eigenvalue weighted by Gasteiger charge is 2.31. The van der Waals surface area contributed by atoms with Gasteiger partial charge in [0.2, 0.25) is 0 Å². The number of sulfone groups is 1. The fraction of sp³-hybridized carbons (Fsp3) is 0.250. The number of benzene rings is 1. The quantitative estimate of drug-likeness (QED) is 0.832. The summed E-state index contributed by atoms with van der Waals surface area (Å²) in [5, 5.41) is 2.69. The molecule has 0 amide bonds. The van der Waals surface area contributed by atoms with Crippen molar-refractivity contribution in [2.24, 2.45) is 0 Å². The molecule has 0 aliphatic carbocycles. The van der Waals surface area contributed by atoms with Crippen molar-refractivity contribution >= 4 is 9.84 Å². The van der Waals surface area contributed by atoms with Gasteiger partial charge in [-0.15, -0.1) is 0 Å². The summed E-state index contributed by atoms with van der Waals surface area (Å²) in [4.78, 5) is 11.7. The van der Waals surface area contributed by atoms with E-state index in [2.05, 4.69) is 5.10 Å². The largest absolute Gasteiger partial charge is 0.268 e. The Kier molecular flexibility index (Phi) is 2.25. The molecule has 0 bridgehead atoms. The number of rotatable bonds is 1. The number of aromatic nitrogens is 2. The number of nitrogens with zero attached hydrogens (tertiary/aromatic N) is 1. The van der Waals surface area contributed by atoms with Crippen molar-refractivity contribution in [2.45, 2.75) is 18.4 Å². The highest BCUT2D eigenvalue weighted by atomic mass is 32.2. The van der Waals surface area contributed by atoms with E-state index in [0.717, 1.165) is 11.3 Å². The van der Waals surface area contributed by atoms with Crippen LogP contribution in [0, 0.1) is 6.92 Å². The van der Waals surface area contributed by atoms with Crippen molar-refractivity contribution in [3.05, 3.63) is 51.4 Å². The molecule has 0 radical (unpaired) electrons. The van der Waals surface area contributed by atoms with Crippen LogP contribution in [0.5, 0.6) is 0 Å². The lowest BCUT2D eigenvalue weighted by atomic mass is 10.2. The topological polar surface area (TPSA) is 71.9 Å². The molecule has 2 heterocycles. The van der Waals surface area contributed by atoms with E-state index in [4.69, 9.17) is 0 Å². The normalized spacial score (nSPS) is 16.7. The summed E-state index contributed by atoms with van der Waals surface area (Å²) in [5.41, 5.74) is 2.50. The summed E-state index contributed by atoms with van der Waals surface area (Å²) < 4.78 is 24.7. The van der Waals surface area contributed by atoms with Crippen LogP contribution in [-0.2, 0) is 21.3 Å². The van der Waals surface area contributed by atoms with E-state index in [1.165, 1.54) is 0 Å². The van der Waals surface area contributed by atoms with Crippen molar-refractivity contribution < 1.29 is 8.42 Å². The van der Waals surface area contributed by atoms with Crippen LogP contribution in [0.1, 0.15) is 16.8 Å². The SMILES string of the molecule is Cc1ccc(-n2[nH]c(=O)c3c2CS(=O)(=O)C3)cc1. The maximum Gasteiger partial charge on any atom is 0.268 e. The number of nitrogens with one attached hydrogen (secondary N) is 1. The molecular weight excluding hydrogens is 252 g/mol. The predicted octanol–water partition coefficient (Wildman–Crippen LogP) is 0.902. The smallest absolute Gasteiger partial charge is 0.268 e. The minimum atomic E-state index is -3.16. The van der Waals surface area contributed by atoms with E-state index < -0.39 is 9.84 Å². The maximum absolute atomic E-state index is 11.7. The van der Waals surface area contributed by atoms with Crippen molar-refractivity contribution in [3.63, 3.8) is 0 Å². The Morgan fingerprint density at radius 1 is 1.17 bits per heavy atom. The van der Waals surface area contributed by atoms with E-state index in [0.29, 0.717) is 11.3 Å². The standard InChI is InChI=1S/C12H12N2O3S/c1-8-2-4-9(5-3-8)14-11-7-18(16,17)6-10(11)12(15)13-14/h2-5H,6-7H2,1H3,(H,13,15). The molecule has 18 heavy (non-hydrogen) atoms. The van der Waals surface area contributed by atoms with E-state index in [1.54, 1.807) is 4.68 Å². The molecule has 1 aromatic carbocycles. The fourth-order valence-corrected chi connectivity index (χ4v) is 3.76. The summed E-state index contributed by atoms with van der Waals surface area (Å²) in [6.07, 6.45) is 0. The molecule has 0 atom stereocenters. The Morgan fingerprint density at radius 3 is 2.50 bits per heavy atom. The zero-order valence-electron chi connectivity index (χ0n) is 9.80. The molecule has 0 fully saturated rings. The third kappa shape index (κ3) is 1.69. The van der Waals surface area contributed by atoms with Gasteiger partial charge in [-0.2, -0.15) is 0 Å². The number of hydrogen-bond donors (Lipinski definition) is 1. The molecule has 0 saturated carbocycles. The Labute approximate surface area is 104 Å². The second-order valence-corrected chi connectivity index (χ2v) is 6.63. The van der Waals surface area contributed by atoms with Gasteiger partial charge in [-0.25, -0.2) is 8.42 Å². The molecule has 1 aromatic heterocycles. The summed E-state index contributed by atoms with van der Waals surface area (Å²) >= 11 is 0. The summed E-state index contributed by atoms with van der Waals surface area (Å²) in [5.74, 6) is -0.231. The molecule has 2 aromatic rings. The van der Waals surface area contributed by atoms with Crippen molar-refractivity contribution in [2.75, 3.05) is 0 Å². The van der Waals surface area contributed by atoms with Crippen molar-refractivity contribution in [3.8, 4) is 5.69 Å². The Morgan fingerprint density at radius 2 is 1.83 bits per heavy atom. The Bertz CT molecular complexity index is 767. The molecule has 0 saturated heterocycles. The van der Waals surface area contributed by atoms with Crippen LogP contribution in [0.4, 0.5) is 0 Å². The second kappa shape index (κ2) is 3.58. The Hall–Kier alpha value is -1.82. The minimum absolute atomic E-state index is 0.0745. The third-order valence-corrected chi connectivity index (χ3v) is 4.56. The molecule has 6 heteroatoms. The van der Waals surface area contributed by atoms with Gasteiger partial charge >= 0.3 is 0 Å². The van der Waals surface area contributed by atoms with Crippen LogP contribution >= 0.6 is 0 Å². The number of fused-ring (bicyclic) bond motifs is 1. The first-order chi connectivity index (χ1) is 8.46. The summed E-state index contributed by atoms with van der Waals surface area (Å²) in [7, 11) is -3.16. The molecule has 94 valence electrons. The average Bonchev–Trinajstić information content (AvgIpc) is 2.76. The number of aromatic amines is 1. The summed E-state index contributed by atoms with van der Waals surface area (Å²) in [6.45, 7) is 1.97. The lowest BCUT2D eigenvalue weighted by Gasteiger charge is -2.06. The molecule has 0 spiro atoms. The molecule has 1 aliphatic heterocycles. The lowest BCUT2D eigenvalue weighted by molar-refractivity contribution is 0.596. The van der Waals surface area contributed by atoms with Gasteiger partial charge in [-0.3, -0.25) is 14.6 Å². The van der Waals surface area contributed by atoms with Gasteiger partial charge in [0.05, 0.1) is 28.5 Å². The second-order valence-electron chi connectivity index (χ2n) is 4.57. The van der Waals surface area contributed by atoms with Gasteiger partial charge < -0.3 is 0 Å². The number of hydrogen-bond acceptors (Lipinski definition) is 3. The van der Waals surface area contributed by atoms with E-state index in [1.807, 2.05) is 31.2 Å². The van der Waals surface area contributed by atoms with Gasteiger partial charge in [0, 0.05) is 0 Å². The predicted molar refractivity (Wildman–Crippen MR) is 67.5 cm³/mol. The van der Waals surface area contributed by atoms with Crippen LogP contribution in [0.15, 0.2) is 29.1 Å². The monoisotopic (exact) mass is 264 g/mol. The molecule has 0 unspecified atom stereocenters. The zero-order chi connectivity index (χ0) is 12.9. The third-order valence-electron chi connectivity index (χ3n) is 3.12. The average molecular weight is 264 g/mol. The first kappa shape index (κ1) is 11.3. The molecular formula is C12H12N2O3S. The van der Waals surface area contributed by atoms with Gasteiger partial charge in [-0.05, 0) is 19.1 Å². The lowest BCUT2D eigenvalue weighted by Crippen LogP contribution is -2.11. The maximum atomic E-state index is 11.7. The van der Waals surface area contributed by atoms with Crippen LogP contribution in [-0.4, -0.2) is 18.2 Å². The first-order valence-electron chi connectivity index (χ1n) is 5.56. The van der Waals surface area contributed by atoms with Gasteiger partial charge in [0.25, 0.3) is 5.56 Å². The van der Waals surface area contributed by atoms with Gasteiger partial charge in [0.15, 0.2) is 9.84 Å². The van der Waals surface area contributed by atoms with Crippen molar-refractivity contribution in [1.82, 2.24) is 9.78 Å². The minimum Gasteiger partial charge on any atom is -0.268 e. The van der Waals surface area contributed by atoms with E-state index in [-0.39, 0.29) is 17.1 Å². The summed E-state index contributed by atoms with van der Waals surface area (Å²) in [6, 6.07) is 7.56. The molecule has 1 N–H and O–H groups in total. The number of aryl methyl sites for hydroxylation is 1. The van der Waals surface area contributed by atoms with Crippen molar-refractivity contribution in [1.29, 1.82) is 0 Å². The first-order valence-corrected chi connectivity index (χ1v) is 7.39. The van der Waals surface area contributed by atoms with Gasteiger partial charge in [0.1, 0.15) is 0 Å². The molecule has 1 aliphatic rings. The van der Waals surface area contributed by atoms with Crippen LogP contribution in [0.25, 0.3) is 5.69 Å². The zero-order valence-corrected chi connectivity index (χ0v) is 10.6. The highest BCUT2D eigenvalue weighted by Crippen LogP contribution is 2.24. The fourth-order valence-electron chi connectivity index (χ4n) is 2.20. The molecule has 3 rings (SSSR count). The van der Waals surface area contributed by atoms with Crippen LogP contribution in [0.3, 0.4) is 0 Å².